The van der Waals surface area contributed by atoms with Crippen molar-refractivity contribution in [1.29, 1.82) is 0 Å². The monoisotopic (exact) mass is 359 g/mol. The number of anilines is 1. The Bertz CT molecular complexity index is 486. The first-order valence-corrected chi connectivity index (χ1v) is 8.08. The standard InChI is InChI=1S/C17H25N3O.2ClH/c18-15-8-7-14(13-15)17(21)20-10-4-9-19(11-12-20)16-5-2-1-3-6-16;;/h1-3,5-6,14-15H,4,7-13,18H2;2*1H. The summed E-state index contributed by atoms with van der Waals surface area (Å²) in [5, 5.41) is 0. The summed E-state index contributed by atoms with van der Waals surface area (Å²) < 4.78 is 0. The molecular weight excluding hydrogens is 333 g/mol. The first-order chi connectivity index (χ1) is 10.2. The molecule has 0 aromatic heterocycles. The highest BCUT2D eigenvalue weighted by Crippen LogP contribution is 2.26. The van der Waals surface area contributed by atoms with Crippen LogP contribution in [0.4, 0.5) is 5.69 Å². The number of carbonyl (C=O) groups is 1. The van der Waals surface area contributed by atoms with Crippen molar-refractivity contribution in [2.24, 2.45) is 11.7 Å². The molecule has 2 aliphatic rings. The molecule has 1 aliphatic carbocycles. The molecule has 1 aromatic carbocycles. The summed E-state index contributed by atoms with van der Waals surface area (Å²) in [6.45, 7) is 3.67. The second-order valence-electron chi connectivity index (χ2n) is 6.27. The van der Waals surface area contributed by atoms with Gasteiger partial charge in [-0.3, -0.25) is 4.79 Å². The number of hydrogen-bond donors (Lipinski definition) is 1. The molecule has 23 heavy (non-hydrogen) atoms. The molecule has 1 heterocycles. The normalized spacial score (nSPS) is 24.4. The zero-order chi connectivity index (χ0) is 14.7. The minimum Gasteiger partial charge on any atom is -0.370 e. The van der Waals surface area contributed by atoms with Gasteiger partial charge in [-0.2, -0.15) is 0 Å². The van der Waals surface area contributed by atoms with Gasteiger partial charge in [-0.15, -0.1) is 24.8 Å². The maximum Gasteiger partial charge on any atom is 0.225 e. The van der Waals surface area contributed by atoms with Gasteiger partial charge in [0.05, 0.1) is 0 Å². The van der Waals surface area contributed by atoms with Gasteiger partial charge in [0.25, 0.3) is 0 Å². The van der Waals surface area contributed by atoms with Crippen molar-refractivity contribution in [2.75, 3.05) is 31.1 Å². The lowest BCUT2D eigenvalue weighted by molar-refractivity contribution is -0.135. The van der Waals surface area contributed by atoms with Crippen LogP contribution in [0.15, 0.2) is 30.3 Å². The van der Waals surface area contributed by atoms with E-state index in [1.54, 1.807) is 0 Å². The Labute approximate surface area is 151 Å². The average molecular weight is 360 g/mol. The molecule has 2 fully saturated rings. The Morgan fingerprint density at radius 2 is 1.74 bits per heavy atom. The number of hydrogen-bond acceptors (Lipinski definition) is 3. The van der Waals surface area contributed by atoms with Gasteiger partial charge in [-0.05, 0) is 37.8 Å². The molecule has 1 aliphatic heterocycles. The van der Waals surface area contributed by atoms with Gasteiger partial charge in [0, 0.05) is 43.8 Å². The third-order valence-corrected chi connectivity index (χ3v) is 4.75. The van der Waals surface area contributed by atoms with Gasteiger partial charge >= 0.3 is 0 Å². The zero-order valence-electron chi connectivity index (χ0n) is 13.4. The van der Waals surface area contributed by atoms with Crippen LogP contribution < -0.4 is 10.6 Å². The predicted molar refractivity (Wildman–Crippen MR) is 99.7 cm³/mol. The molecule has 0 spiro atoms. The number of nitrogens with zero attached hydrogens (tertiary/aromatic N) is 2. The maximum atomic E-state index is 12.6. The van der Waals surface area contributed by atoms with Crippen LogP contribution >= 0.6 is 24.8 Å². The third kappa shape index (κ3) is 5.00. The van der Waals surface area contributed by atoms with Crippen LogP contribution in [0.2, 0.25) is 0 Å². The summed E-state index contributed by atoms with van der Waals surface area (Å²) in [6.07, 6.45) is 3.89. The van der Waals surface area contributed by atoms with Gasteiger partial charge in [0.2, 0.25) is 5.91 Å². The number of amides is 1. The van der Waals surface area contributed by atoms with Crippen molar-refractivity contribution >= 4 is 36.4 Å². The summed E-state index contributed by atoms with van der Waals surface area (Å²) >= 11 is 0. The maximum absolute atomic E-state index is 12.6. The van der Waals surface area contributed by atoms with Crippen LogP contribution in [0.5, 0.6) is 0 Å². The predicted octanol–water partition coefficient (Wildman–Crippen LogP) is 2.70. The lowest BCUT2D eigenvalue weighted by atomic mass is 10.1. The van der Waals surface area contributed by atoms with Crippen LogP contribution in [0.1, 0.15) is 25.7 Å². The number of nitrogens with two attached hydrogens (primary N) is 1. The lowest BCUT2D eigenvalue weighted by Gasteiger charge is -2.25. The molecule has 130 valence electrons. The van der Waals surface area contributed by atoms with Crippen molar-refractivity contribution in [2.45, 2.75) is 31.7 Å². The first kappa shape index (κ1) is 20.1. The Morgan fingerprint density at radius 3 is 2.39 bits per heavy atom. The van der Waals surface area contributed by atoms with E-state index in [-0.39, 0.29) is 36.8 Å². The van der Waals surface area contributed by atoms with Crippen molar-refractivity contribution in [1.82, 2.24) is 4.90 Å². The number of rotatable bonds is 2. The van der Waals surface area contributed by atoms with Gasteiger partial charge in [-0.1, -0.05) is 18.2 Å². The zero-order valence-corrected chi connectivity index (χ0v) is 15.0. The molecule has 0 bridgehead atoms. The smallest absolute Gasteiger partial charge is 0.225 e. The van der Waals surface area contributed by atoms with E-state index in [9.17, 15) is 4.79 Å². The van der Waals surface area contributed by atoms with E-state index in [0.29, 0.717) is 5.91 Å². The number of benzene rings is 1. The SMILES string of the molecule is Cl.Cl.NC1CCC(C(=O)N2CCCN(c3ccccc3)CC2)C1. The van der Waals surface area contributed by atoms with Crippen molar-refractivity contribution < 1.29 is 4.79 Å². The van der Waals surface area contributed by atoms with Gasteiger partial charge in [0.1, 0.15) is 0 Å². The third-order valence-electron chi connectivity index (χ3n) is 4.75. The Kier molecular flexibility index (Phi) is 8.17. The molecule has 1 saturated carbocycles. The van der Waals surface area contributed by atoms with Crippen LogP contribution in [0, 0.1) is 5.92 Å². The van der Waals surface area contributed by atoms with E-state index in [2.05, 4.69) is 34.1 Å². The van der Waals surface area contributed by atoms with Crippen LogP contribution in [0.3, 0.4) is 0 Å². The molecule has 2 unspecified atom stereocenters. The second-order valence-corrected chi connectivity index (χ2v) is 6.27. The van der Waals surface area contributed by atoms with E-state index in [0.717, 1.165) is 51.9 Å². The highest BCUT2D eigenvalue weighted by atomic mass is 35.5. The number of halogens is 2. The molecule has 6 heteroatoms. The molecular formula is C17H27Cl2N3O. The largest absolute Gasteiger partial charge is 0.370 e. The minimum absolute atomic E-state index is 0. The van der Waals surface area contributed by atoms with Crippen LogP contribution in [0.25, 0.3) is 0 Å². The highest BCUT2D eigenvalue weighted by Gasteiger charge is 2.31. The first-order valence-electron chi connectivity index (χ1n) is 8.08. The van der Waals surface area contributed by atoms with E-state index in [1.165, 1.54) is 5.69 Å². The van der Waals surface area contributed by atoms with Crippen LogP contribution in [-0.2, 0) is 4.79 Å². The van der Waals surface area contributed by atoms with Gasteiger partial charge in [-0.25, -0.2) is 0 Å². The van der Waals surface area contributed by atoms with Gasteiger partial charge < -0.3 is 15.5 Å². The molecule has 1 amide bonds. The lowest BCUT2D eigenvalue weighted by Crippen LogP contribution is -2.38. The van der Waals surface area contributed by atoms with Crippen molar-refractivity contribution in [3.05, 3.63) is 30.3 Å². The Balaban J connectivity index is 0.00000132. The fourth-order valence-electron chi connectivity index (χ4n) is 3.53. The topological polar surface area (TPSA) is 49.6 Å². The molecule has 2 atom stereocenters. The summed E-state index contributed by atoms with van der Waals surface area (Å²) in [5.74, 6) is 0.501. The van der Waals surface area contributed by atoms with Crippen molar-refractivity contribution in [3.8, 4) is 0 Å². The summed E-state index contributed by atoms with van der Waals surface area (Å²) in [7, 11) is 0. The Morgan fingerprint density at radius 1 is 1.00 bits per heavy atom. The van der Waals surface area contributed by atoms with E-state index in [1.807, 2.05) is 6.07 Å². The van der Waals surface area contributed by atoms with Gasteiger partial charge in [0.15, 0.2) is 0 Å². The fourth-order valence-corrected chi connectivity index (χ4v) is 3.53. The highest BCUT2D eigenvalue weighted by molar-refractivity contribution is 5.85. The molecule has 0 radical (unpaired) electrons. The molecule has 3 rings (SSSR count). The molecule has 1 saturated heterocycles. The quantitative estimate of drug-likeness (QED) is 0.882. The average Bonchev–Trinajstić information content (AvgIpc) is 2.81. The summed E-state index contributed by atoms with van der Waals surface area (Å²) in [4.78, 5) is 17.0. The number of carbonyl (C=O) groups excluding carboxylic acids is 1. The summed E-state index contributed by atoms with van der Waals surface area (Å²) in [6, 6.07) is 10.7. The van der Waals surface area contributed by atoms with Crippen molar-refractivity contribution in [3.63, 3.8) is 0 Å². The Hall–Kier alpha value is -0.970. The van der Waals surface area contributed by atoms with E-state index < -0.39 is 0 Å². The molecule has 4 nitrogen and oxygen atoms in total. The summed E-state index contributed by atoms with van der Waals surface area (Å²) in [5.41, 5.74) is 7.20. The van der Waals surface area contributed by atoms with E-state index >= 15 is 0 Å². The fraction of sp³-hybridized carbons (Fsp3) is 0.588. The number of para-hydroxylation sites is 1. The van der Waals surface area contributed by atoms with E-state index in [4.69, 9.17) is 5.73 Å². The molecule has 2 N–H and O–H groups in total. The molecule has 1 aromatic rings. The minimum atomic E-state index is 0. The second kappa shape index (κ2) is 9.36. The van der Waals surface area contributed by atoms with Crippen LogP contribution in [-0.4, -0.2) is 43.0 Å².